The summed E-state index contributed by atoms with van der Waals surface area (Å²) in [7, 11) is 0. The second-order valence-electron chi connectivity index (χ2n) is 2.49. The topological polar surface area (TPSA) is 30.0 Å². The lowest BCUT2D eigenvalue weighted by atomic mass is 10.1. The molecular weight excluding hydrogens is 174 g/mol. The molecule has 0 amide bonds. The molecule has 0 saturated carbocycles. The molecule has 0 aliphatic carbocycles. The lowest BCUT2D eigenvalue weighted by molar-refractivity contribution is -0.107. The molecule has 64 valence electrons. The van der Waals surface area contributed by atoms with Crippen LogP contribution in [-0.2, 0) is 4.79 Å². The van der Waals surface area contributed by atoms with Crippen molar-refractivity contribution >= 4 is 17.9 Å². The molecule has 1 unspecified atom stereocenters. The number of alkyl halides is 1. The van der Waals surface area contributed by atoms with Crippen LogP contribution in [0, 0.1) is 0 Å². The van der Waals surface area contributed by atoms with Crippen molar-refractivity contribution in [3.63, 3.8) is 0 Å². The van der Waals surface area contributed by atoms with Crippen LogP contribution in [0.3, 0.4) is 0 Å². The molecular formula is C9H10ClNO. The van der Waals surface area contributed by atoms with Crippen molar-refractivity contribution in [2.45, 2.75) is 18.2 Å². The summed E-state index contributed by atoms with van der Waals surface area (Å²) in [4.78, 5) is 13.9. The third kappa shape index (κ3) is 2.62. The lowest BCUT2D eigenvalue weighted by Gasteiger charge is -2.05. The van der Waals surface area contributed by atoms with Crippen LogP contribution in [0.5, 0.6) is 0 Å². The Bertz CT molecular complexity index is 238. The molecule has 1 atom stereocenters. The van der Waals surface area contributed by atoms with Gasteiger partial charge >= 0.3 is 0 Å². The number of hydrogen-bond donors (Lipinski definition) is 0. The first-order chi connectivity index (χ1) is 5.84. The first-order valence-electron chi connectivity index (χ1n) is 3.82. The molecule has 2 nitrogen and oxygen atoms in total. The Labute approximate surface area is 76.6 Å². The highest BCUT2D eigenvalue weighted by atomic mass is 35.5. The van der Waals surface area contributed by atoms with Crippen LogP contribution in [-0.4, -0.2) is 11.3 Å². The van der Waals surface area contributed by atoms with E-state index in [0.29, 0.717) is 12.8 Å². The van der Waals surface area contributed by atoms with Crippen molar-refractivity contribution in [2.24, 2.45) is 0 Å². The van der Waals surface area contributed by atoms with E-state index >= 15 is 0 Å². The monoisotopic (exact) mass is 183 g/mol. The van der Waals surface area contributed by atoms with Gasteiger partial charge in [0.05, 0.1) is 5.38 Å². The molecule has 1 rings (SSSR count). The predicted molar refractivity (Wildman–Crippen MR) is 48.1 cm³/mol. The number of nitrogens with zero attached hydrogens (tertiary/aromatic N) is 1. The number of pyridine rings is 1. The summed E-state index contributed by atoms with van der Waals surface area (Å²) < 4.78 is 0. The summed E-state index contributed by atoms with van der Waals surface area (Å²) in [6.45, 7) is 0. The second kappa shape index (κ2) is 4.88. The average molecular weight is 184 g/mol. The standard InChI is InChI=1S/C9H10ClNO/c10-9(2-1-7-12)8-3-5-11-6-4-8/h3-7,9H,1-2H2. The maximum atomic E-state index is 10.1. The number of hydrogen-bond acceptors (Lipinski definition) is 2. The first-order valence-corrected chi connectivity index (χ1v) is 4.26. The minimum absolute atomic E-state index is 0.0711. The van der Waals surface area contributed by atoms with Gasteiger partial charge < -0.3 is 4.79 Å². The lowest BCUT2D eigenvalue weighted by Crippen LogP contribution is -1.90. The molecule has 1 aromatic heterocycles. The summed E-state index contributed by atoms with van der Waals surface area (Å²) in [6, 6.07) is 3.73. The highest BCUT2D eigenvalue weighted by molar-refractivity contribution is 6.20. The number of halogens is 1. The van der Waals surface area contributed by atoms with Gasteiger partial charge in [-0.05, 0) is 24.1 Å². The van der Waals surface area contributed by atoms with Crippen molar-refractivity contribution in [1.82, 2.24) is 4.98 Å². The Hall–Kier alpha value is -0.890. The van der Waals surface area contributed by atoms with Crippen LogP contribution in [0.2, 0.25) is 0 Å². The maximum Gasteiger partial charge on any atom is 0.120 e. The van der Waals surface area contributed by atoms with Crippen LogP contribution in [0.1, 0.15) is 23.8 Å². The largest absolute Gasteiger partial charge is 0.303 e. The smallest absolute Gasteiger partial charge is 0.120 e. The highest BCUT2D eigenvalue weighted by Gasteiger charge is 2.05. The molecule has 0 bridgehead atoms. The number of aromatic nitrogens is 1. The zero-order valence-electron chi connectivity index (χ0n) is 6.61. The van der Waals surface area contributed by atoms with Gasteiger partial charge in [0, 0.05) is 18.8 Å². The minimum atomic E-state index is -0.0711. The molecule has 0 aliphatic heterocycles. The molecule has 0 aromatic carbocycles. The molecule has 1 aromatic rings. The molecule has 3 heteroatoms. The van der Waals surface area contributed by atoms with Crippen LogP contribution >= 0.6 is 11.6 Å². The van der Waals surface area contributed by atoms with Crippen molar-refractivity contribution in [3.05, 3.63) is 30.1 Å². The van der Waals surface area contributed by atoms with Gasteiger partial charge in [-0.2, -0.15) is 0 Å². The van der Waals surface area contributed by atoms with E-state index in [9.17, 15) is 4.79 Å². The van der Waals surface area contributed by atoms with Crippen molar-refractivity contribution in [2.75, 3.05) is 0 Å². The van der Waals surface area contributed by atoms with Crippen LogP contribution in [0.4, 0.5) is 0 Å². The molecule has 0 saturated heterocycles. The van der Waals surface area contributed by atoms with Gasteiger partial charge in [-0.15, -0.1) is 11.6 Å². The third-order valence-corrected chi connectivity index (χ3v) is 2.08. The molecule has 12 heavy (non-hydrogen) atoms. The van der Waals surface area contributed by atoms with Crippen molar-refractivity contribution in [1.29, 1.82) is 0 Å². The van der Waals surface area contributed by atoms with Crippen LogP contribution < -0.4 is 0 Å². The Morgan fingerprint density at radius 1 is 1.50 bits per heavy atom. The van der Waals surface area contributed by atoms with Crippen molar-refractivity contribution in [3.8, 4) is 0 Å². The van der Waals surface area contributed by atoms with E-state index in [2.05, 4.69) is 4.98 Å². The van der Waals surface area contributed by atoms with E-state index in [1.165, 1.54) is 0 Å². The molecule has 1 heterocycles. The maximum absolute atomic E-state index is 10.1. The van der Waals surface area contributed by atoms with Gasteiger partial charge in [-0.1, -0.05) is 0 Å². The zero-order chi connectivity index (χ0) is 8.81. The Kier molecular flexibility index (Phi) is 3.74. The number of carbonyl (C=O) groups excluding carboxylic acids is 1. The normalized spacial score (nSPS) is 12.4. The van der Waals surface area contributed by atoms with Gasteiger partial charge in [0.2, 0.25) is 0 Å². The van der Waals surface area contributed by atoms with Crippen LogP contribution in [0.15, 0.2) is 24.5 Å². The highest BCUT2D eigenvalue weighted by Crippen LogP contribution is 2.23. The zero-order valence-corrected chi connectivity index (χ0v) is 7.37. The van der Waals surface area contributed by atoms with E-state index in [4.69, 9.17) is 11.6 Å². The molecule has 0 spiro atoms. The average Bonchev–Trinajstić information content (AvgIpc) is 2.15. The van der Waals surface area contributed by atoms with E-state index in [1.807, 2.05) is 12.1 Å². The quantitative estimate of drug-likeness (QED) is 0.530. The van der Waals surface area contributed by atoms with E-state index in [-0.39, 0.29) is 5.38 Å². The SMILES string of the molecule is O=CCCC(Cl)c1ccncc1. The van der Waals surface area contributed by atoms with Gasteiger partial charge in [0.15, 0.2) is 0 Å². The second-order valence-corrected chi connectivity index (χ2v) is 3.02. The van der Waals surface area contributed by atoms with Gasteiger partial charge in [0.25, 0.3) is 0 Å². The van der Waals surface area contributed by atoms with Crippen molar-refractivity contribution < 1.29 is 4.79 Å². The predicted octanol–water partition coefficient (Wildman–Crippen LogP) is 2.34. The Morgan fingerprint density at radius 3 is 2.75 bits per heavy atom. The van der Waals surface area contributed by atoms with E-state index in [1.54, 1.807) is 12.4 Å². The van der Waals surface area contributed by atoms with Gasteiger partial charge in [0.1, 0.15) is 6.29 Å². The number of rotatable bonds is 4. The van der Waals surface area contributed by atoms with Gasteiger partial charge in [-0.25, -0.2) is 0 Å². The molecule has 0 aliphatic rings. The molecule has 0 N–H and O–H groups in total. The fourth-order valence-corrected chi connectivity index (χ4v) is 1.22. The Balaban J connectivity index is 2.53. The molecule has 0 fully saturated rings. The first kappa shape index (κ1) is 9.20. The Morgan fingerprint density at radius 2 is 2.17 bits per heavy atom. The summed E-state index contributed by atoms with van der Waals surface area (Å²) >= 11 is 6.00. The third-order valence-electron chi connectivity index (χ3n) is 1.61. The molecule has 0 radical (unpaired) electrons. The van der Waals surface area contributed by atoms with E-state index in [0.717, 1.165) is 11.8 Å². The number of carbonyl (C=O) groups is 1. The summed E-state index contributed by atoms with van der Waals surface area (Å²) in [5.41, 5.74) is 1.02. The number of aldehydes is 1. The summed E-state index contributed by atoms with van der Waals surface area (Å²) in [6.07, 6.45) is 5.49. The van der Waals surface area contributed by atoms with Gasteiger partial charge in [-0.3, -0.25) is 4.98 Å². The van der Waals surface area contributed by atoms with Crippen LogP contribution in [0.25, 0.3) is 0 Å². The van der Waals surface area contributed by atoms with E-state index < -0.39 is 0 Å². The minimum Gasteiger partial charge on any atom is -0.303 e. The fourth-order valence-electron chi connectivity index (χ4n) is 0.953. The summed E-state index contributed by atoms with van der Waals surface area (Å²) in [5.74, 6) is 0. The fraction of sp³-hybridized carbons (Fsp3) is 0.333. The summed E-state index contributed by atoms with van der Waals surface area (Å²) in [5, 5.41) is -0.0711.